The van der Waals surface area contributed by atoms with Crippen molar-refractivity contribution in [3.8, 4) is 0 Å². The molecule has 7 heteroatoms. The second kappa shape index (κ2) is 5.26. The van der Waals surface area contributed by atoms with E-state index in [0.717, 1.165) is 44.4 Å². The predicted octanol–water partition coefficient (Wildman–Crippen LogP) is 2.79. The number of pyridine rings is 1. The maximum atomic E-state index is 4.70. The van der Waals surface area contributed by atoms with E-state index in [1.807, 2.05) is 36.4 Å². The van der Waals surface area contributed by atoms with Gasteiger partial charge in [0.1, 0.15) is 17.0 Å². The Morgan fingerprint density at radius 3 is 2.71 bits per heavy atom. The van der Waals surface area contributed by atoms with Crippen LogP contribution >= 0.6 is 0 Å². The third-order valence-electron chi connectivity index (χ3n) is 3.94. The Morgan fingerprint density at radius 1 is 0.958 bits per heavy atom. The van der Waals surface area contributed by atoms with Crippen LogP contribution in [0.2, 0.25) is 0 Å². The fourth-order valence-electron chi connectivity index (χ4n) is 2.96. The van der Waals surface area contributed by atoms with E-state index in [0.29, 0.717) is 5.82 Å². The van der Waals surface area contributed by atoms with E-state index in [9.17, 15) is 0 Å². The number of fused-ring (bicyclic) bond motifs is 8. The fraction of sp³-hybridized carbons (Fsp3) is 0.118. The molecule has 0 amide bonds. The van der Waals surface area contributed by atoms with Crippen LogP contribution in [0.1, 0.15) is 11.5 Å². The van der Waals surface area contributed by atoms with Crippen LogP contribution in [0.4, 0.5) is 0 Å². The molecule has 6 nitrogen and oxygen atoms in total. The van der Waals surface area contributed by atoms with Gasteiger partial charge in [0.2, 0.25) is 0 Å². The number of aromatic nitrogens is 6. The Hall–Kier alpha value is -2.50. The van der Waals surface area contributed by atoms with Gasteiger partial charge in [0.25, 0.3) is 0 Å². The van der Waals surface area contributed by atoms with Gasteiger partial charge in [-0.05, 0) is 13.8 Å². The summed E-state index contributed by atoms with van der Waals surface area (Å²) in [5.41, 5.74) is 4.70. The first-order chi connectivity index (χ1) is 11.2. The van der Waals surface area contributed by atoms with E-state index in [1.54, 1.807) is 12.4 Å². The average Bonchev–Trinajstić information content (AvgIpc) is 2.94. The van der Waals surface area contributed by atoms with E-state index in [-0.39, 0.29) is 20.1 Å². The molecule has 4 heterocycles. The normalized spacial score (nSPS) is 11.4. The van der Waals surface area contributed by atoms with Crippen molar-refractivity contribution in [1.82, 2.24) is 29.3 Å². The monoisotopic (exact) mass is 492 g/mol. The molecule has 5 aromatic rings. The summed E-state index contributed by atoms with van der Waals surface area (Å²) in [6.45, 7) is 3.80. The first-order valence-corrected chi connectivity index (χ1v) is 7.30. The molecular weight excluding hydrogens is 480 g/mol. The maximum absolute atomic E-state index is 4.70. The van der Waals surface area contributed by atoms with Gasteiger partial charge < -0.3 is 4.40 Å². The predicted molar refractivity (Wildman–Crippen MR) is 87.2 cm³/mol. The molecule has 5 rings (SSSR count). The van der Waals surface area contributed by atoms with Crippen LogP contribution in [-0.4, -0.2) is 29.3 Å². The van der Waals surface area contributed by atoms with Gasteiger partial charge in [0, 0.05) is 26.3 Å². The molecule has 0 aliphatic carbocycles. The summed E-state index contributed by atoms with van der Waals surface area (Å²) in [6, 6.07) is 9.13. The Labute approximate surface area is 150 Å². The van der Waals surface area contributed by atoms with Crippen LogP contribution in [0.15, 0.2) is 30.6 Å². The topological polar surface area (TPSA) is 68.9 Å². The van der Waals surface area contributed by atoms with E-state index >= 15 is 0 Å². The van der Waals surface area contributed by atoms with Crippen LogP contribution in [0, 0.1) is 19.9 Å². The van der Waals surface area contributed by atoms with Crippen molar-refractivity contribution in [3.05, 3.63) is 48.2 Å². The molecule has 4 aromatic heterocycles. The average molecular weight is 492 g/mol. The van der Waals surface area contributed by atoms with Crippen molar-refractivity contribution in [1.29, 1.82) is 0 Å². The van der Waals surface area contributed by atoms with Crippen molar-refractivity contribution in [2.24, 2.45) is 0 Å². The first kappa shape index (κ1) is 15.1. The Bertz CT molecular complexity index is 1240. The molecule has 0 aliphatic rings. The number of benzene rings is 1. The minimum atomic E-state index is 0. The number of imidazole rings is 1. The summed E-state index contributed by atoms with van der Waals surface area (Å²) < 4.78 is 1.96. The maximum Gasteiger partial charge on any atom is 0.160 e. The molecule has 0 aliphatic heterocycles. The van der Waals surface area contributed by atoms with Crippen molar-refractivity contribution in [3.63, 3.8) is 0 Å². The number of aryl methyl sites for hydroxylation is 2. The molecule has 119 valence electrons. The van der Waals surface area contributed by atoms with Gasteiger partial charge >= 0.3 is 0 Å². The van der Waals surface area contributed by atoms with E-state index in [1.165, 1.54) is 0 Å². The molecule has 1 aromatic carbocycles. The van der Waals surface area contributed by atoms with Crippen molar-refractivity contribution < 1.29 is 20.1 Å². The summed E-state index contributed by atoms with van der Waals surface area (Å²) in [4.78, 5) is 22.8. The second-order valence-corrected chi connectivity index (χ2v) is 5.54. The van der Waals surface area contributed by atoms with Gasteiger partial charge in [-0.1, -0.05) is 10.8 Å². The zero-order valence-electron chi connectivity index (χ0n) is 12.9. The summed E-state index contributed by atoms with van der Waals surface area (Å²) in [5.74, 6) is 0.699. The molecule has 0 saturated carbocycles. The minimum absolute atomic E-state index is 0. The van der Waals surface area contributed by atoms with Gasteiger partial charge in [-0.25, -0.2) is 15.0 Å². The van der Waals surface area contributed by atoms with E-state index in [4.69, 9.17) is 9.97 Å². The zero-order chi connectivity index (χ0) is 15.6. The number of rotatable bonds is 0. The summed E-state index contributed by atoms with van der Waals surface area (Å²) >= 11 is 0. The Morgan fingerprint density at radius 2 is 1.83 bits per heavy atom. The Balaban J connectivity index is 0.00000146. The van der Waals surface area contributed by atoms with E-state index < -0.39 is 0 Å². The summed E-state index contributed by atoms with van der Waals surface area (Å²) in [6.07, 6.45) is 3.52. The fourth-order valence-corrected chi connectivity index (χ4v) is 2.96. The molecule has 0 atom stereocenters. The first-order valence-electron chi connectivity index (χ1n) is 7.30. The Kier molecular flexibility index (Phi) is 3.30. The summed E-state index contributed by atoms with van der Waals surface area (Å²) in [7, 11) is 0. The number of hydrogen-bond acceptors (Lipinski definition) is 5. The molecular formula is C17H11IrN6-. The van der Waals surface area contributed by atoms with Gasteiger partial charge in [-0.15, -0.1) is 24.3 Å². The molecule has 0 bridgehead atoms. The van der Waals surface area contributed by atoms with Crippen molar-refractivity contribution in [2.45, 2.75) is 13.8 Å². The largest absolute Gasteiger partial charge is 0.301 e. The molecule has 0 saturated heterocycles. The van der Waals surface area contributed by atoms with Gasteiger partial charge in [-0.2, -0.15) is 0 Å². The van der Waals surface area contributed by atoms with Crippen LogP contribution in [-0.2, 0) is 20.1 Å². The van der Waals surface area contributed by atoms with Gasteiger partial charge in [0.15, 0.2) is 5.65 Å². The van der Waals surface area contributed by atoms with Crippen LogP contribution < -0.4 is 0 Å². The van der Waals surface area contributed by atoms with Gasteiger partial charge in [-0.3, -0.25) is 9.97 Å². The van der Waals surface area contributed by atoms with Crippen LogP contribution in [0.3, 0.4) is 0 Å². The molecule has 0 N–H and O–H groups in total. The SMILES string of the molecule is Cc1cnc2c3ccc[c-]c3c3nc4cnc(C)nc4n3c2n1.[Ir]. The molecule has 0 spiro atoms. The third-order valence-corrected chi connectivity index (χ3v) is 3.94. The van der Waals surface area contributed by atoms with Crippen LogP contribution in [0.25, 0.3) is 38.7 Å². The van der Waals surface area contributed by atoms with E-state index in [2.05, 4.69) is 21.0 Å². The van der Waals surface area contributed by atoms with Gasteiger partial charge in [0.05, 0.1) is 23.1 Å². The minimum Gasteiger partial charge on any atom is -0.301 e. The van der Waals surface area contributed by atoms with Crippen molar-refractivity contribution in [2.75, 3.05) is 0 Å². The standard InChI is InChI=1S/C17H11N6.Ir/c1-9-7-19-14-11-5-3-4-6-12(11)15-22-13-8-18-10(2)21-16(13)23(15)17(14)20-9;/h3-5,7-8H,1-2H3;/q-1;. The number of nitrogens with zero attached hydrogens (tertiary/aromatic N) is 6. The molecule has 0 fully saturated rings. The third kappa shape index (κ3) is 1.95. The second-order valence-electron chi connectivity index (χ2n) is 5.54. The van der Waals surface area contributed by atoms with Crippen molar-refractivity contribution >= 4 is 38.7 Å². The summed E-state index contributed by atoms with van der Waals surface area (Å²) in [5, 5.41) is 1.90. The quantitative estimate of drug-likeness (QED) is 0.246. The zero-order valence-corrected chi connectivity index (χ0v) is 15.3. The molecule has 1 radical (unpaired) electrons. The smallest absolute Gasteiger partial charge is 0.160 e. The van der Waals surface area contributed by atoms with Crippen LogP contribution in [0.5, 0.6) is 0 Å². The molecule has 0 unspecified atom stereocenters. The number of hydrogen-bond donors (Lipinski definition) is 0. The molecule has 24 heavy (non-hydrogen) atoms.